The van der Waals surface area contributed by atoms with Crippen LogP contribution >= 0.6 is 0 Å². The van der Waals surface area contributed by atoms with Crippen molar-refractivity contribution in [2.24, 2.45) is 0 Å². The third-order valence-electron chi connectivity index (χ3n) is 2.93. The number of nitrogens with zero attached hydrogens (tertiary/aromatic N) is 1. The number of hydrogen-bond acceptors (Lipinski definition) is 6. The summed E-state index contributed by atoms with van der Waals surface area (Å²) in [5, 5.41) is 3.12. The maximum Gasteiger partial charge on any atom is 0.339 e. The second-order valence-corrected chi connectivity index (χ2v) is 4.61. The van der Waals surface area contributed by atoms with Gasteiger partial charge in [-0.15, -0.1) is 0 Å². The van der Waals surface area contributed by atoms with E-state index in [1.165, 1.54) is 6.20 Å². The Morgan fingerprint density at radius 3 is 2.13 bits per heavy atom. The lowest BCUT2D eigenvalue weighted by molar-refractivity contribution is 0.0516. The predicted molar refractivity (Wildman–Crippen MR) is 85.9 cm³/mol. The second kappa shape index (κ2) is 7.93. The highest BCUT2D eigenvalue weighted by Crippen LogP contribution is 2.18. The van der Waals surface area contributed by atoms with Gasteiger partial charge in [-0.25, -0.2) is 9.59 Å². The van der Waals surface area contributed by atoms with Crippen molar-refractivity contribution >= 4 is 23.3 Å². The molecule has 0 saturated heterocycles. The van der Waals surface area contributed by atoms with Crippen LogP contribution in [0.3, 0.4) is 0 Å². The first-order chi connectivity index (χ1) is 11.1. The molecule has 1 N–H and O–H groups in total. The number of carbonyl (C=O) groups excluding carboxylic acids is 2. The Labute approximate surface area is 134 Å². The van der Waals surface area contributed by atoms with Gasteiger partial charge in [0.05, 0.1) is 36.2 Å². The first-order valence-electron chi connectivity index (χ1n) is 7.30. The minimum absolute atomic E-state index is 0.311. The highest BCUT2D eigenvalue weighted by atomic mass is 16.5. The summed E-state index contributed by atoms with van der Waals surface area (Å²) < 4.78 is 9.87. The number of nitrogens with one attached hydrogen (secondary N) is 1. The van der Waals surface area contributed by atoms with Gasteiger partial charge < -0.3 is 14.8 Å². The van der Waals surface area contributed by atoms with E-state index in [9.17, 15) is 9.59 Å². The van der Waals surface area contributed by atoms with E-state index in [0.717, 1.165) is 5.69 Å². The molecular formula is C17H18N2O4. The third-order valence-corrected chi connectivity index (χ3v) is 2.93. The second-order valence-electron chi connectivity index (χ2n) is 4.61. The van der Waals surface area contributed by atoms with Gasteiger partial charge in [0.1, 0.15) is 0 Å². The molecule has 0 amide bonds. The van der Waals surface area contributed by atoms with Gasteiger partial charge in [0, 0.05) is 11.9 Å². The first kappa shape index (κ1) is 16.5. The van der Waals surface area contributed by atoms with E-state index in [2.05, 4.69) is 10.3 Å². The topological polar surface area (TPSA) is 77.5 Å². The Hall–Kier alpha value is -2.89. The summed E-state index contributed by atoms with van der Waals surface area (Å²) in [4.78, 5) is 27.3. The van der Waals surface area contributed by atoms with Crippen molar-refractivity contribution in [2.45, 2.75) is 13.8 Å². The van der Waals surface area contributed by atoms with E-state index in [1.54, 1.807) is 50.4 Å². The van der Waals surface area contributed by atoms with Crippen LogP contribution in [0.5, 0.6) is 0 Å². The van der Waals surface area contributed by atoms with Gasteiger partial charge in [-0.05, 0) is 44.2 Å². The summed E-state index contributed by atoms with van der Waals surface area (Å²) >= 11 is 0. The lowest BCUT2D eigenvalue weighted by atomic mass is 10.2. The standard InChI is InChI=1S/C17H18N2O4/c1-3-22-16(20)12-5-7-14(8-6-12)19-15-9-13(10-18-11-15)17(21)23-4-2/h5-11,19H,3-4H2,1-2H3. The van der Waals surface area contributed by atoms with E-state index in [-0.39, 0.29) is 5.97 Å². The molecule has 120 valence electrons. The van der Waals surface area contributed by atoms with Crippen LogP contribution in [0.4, 0.5) is 11.4 Å². The van der Waals surface area contributed by atoms with Crippen LogP contribution in [0.15, 0.2) is 42.7 Å². The van der Waals surface area contributed by atoms with Crippen LogP contribution in [0.2, 0.25) is 0 Å². The number of hydrogen-bond donors (Lipinski definition) is 1. The van der Waals surface area contributed by atoms with Gasteiger partial charge >= 0.3 is 11.9 Å². The van der Waals surface area contributed by atoms with Gasteiger partial charge in [-0.1, -0.05) is 0 Å². The van der Waals surface area contributed by atoms with E-state index >= 15 is 0 Å². The average Bonchev–Trinajstić information content (AvgIpc) is 2.56. The van der Waals surface area contributed by atoms with Crippen molar-refractivity contribution in [3.05, 3.63) is 53.9 Å². The molecule has 2 aromatic rings. The number of carbonyl (C=O) groups is 2. The zero-order valence-electron chi connectivity index (χ0n) is 13.0. The maximum atomic E-state index is 11.7. The Morgan fingerprint density at radius 1 is 0.913 bits per heavy atom. The van der Waals surface area contributed by atoms with Crippen molar-refractivity contribution in [1.29, 1.82) is 0 Å². The molecule has 0 aliphatic carbocycles. The number of benzene rings is 1. The summed E-state index contributed by atoms with van der Waals surface area (Å²) in [5.74, 6) is -0.772. The molecule has 6 heteroatoms. The zero-order chi connectivity index (χ0) is 16.7. The predicted octanol–water partition coefficient (Wildman–Crippen LogP) is 3.18. The minimum atomic E-state index is -0.415. The molecule has 0 spiro atoms. The number of anilines is 2. The van der Waals surface area contributed by atoms with Crippen LogP contribution in [-0.2, 0) is 9.47 Å². The van der Waals surface area contributed by atoms with Gasteiger partial charge in [0.15, 0.2) is 0 Å². The van der Waals surface area contributed by atoms with Crippen LogP contribution < -0.4 is 5.32 Å². The molecule has 0 atom stereocenters. The van der Waals surface area contributed by atoms with Crippen molar-refractivity contribution in [3.8, 4) is 0 Å². The van der Waals surface area contributed by atoms with E-state index in [4.69, 9.17) is 9.47 Å². The monoisotopic (exact) mass is 314 g/mol. The zero-order valence-corrected chi connectivity index (χ0v) is 13.0. The molecule has 1 heterocycles. The number of rotatable bonds is 6. The average molecular weight is 314 g/mol. The fourth-order valence-corrected chi connectivity index (χ4v) is 1.91. The minimum Gasteiger partial charge on any atom is -0.462 e. The van der Waals surface area contributed by atoms with Gasteiger partial charge in [-0.3, -0.25) is 4.98 Å². The molecule has 0 saturated carbocycles. The molecule has 0 unspecified atom stereocenters. The number of aromatic nitrogens is 1. The number of esters is 2. The van der Waals surface area contributed by atoms with E-state index < -0.39 is 5.97 Å². The fraction of sp³-hybridized carbons (Fsp3) is 0.235. The summed E-state index contributed by atoms with van der Waals surface area (Å²) in [6.45, 7) is 4.16. The highest BCUT2D eigenvalue weighted by molar-refractivity contribution is 5.91. The SMILES string of the molecule is CCOC(=O)c1ccc(Nc2cncc(C(=O)OCC)c2)cc1. The Morgan fingerprint density at radius 2 is 1.52 bits per heavy atom. The van der Waals surface area contributed by atoms with Crippen LogP contribution in [0.1, 0.15) is 34.6 Å². The molecular weight excluding hydrogens is 296 g/mol. The molecule has 0 bridgehead atoms. The molecule has 0 aliphatic rings. The smallest absolute Gasteiger partial charge is 0.339 e. The molecule has 2 rings (SSSR count). The summed E-state index contributed by atoms with van der Waals surface area (Å²) in [7, 11) is 0. The van der Waals surface area contributed by atoms with Crippen LogP contribution in [0, 0.1) is 0 Å². The van der Waals surface area contributed by atoms with Crippen LogP contribution in [-0.4, -0.2) is 30.1 Å². The van der Waals surface area contributed by atoms with Crippen LogP contribution in [0.25, 0.3) is 0 Å². The maximum absolute atomic E-state index is 11.7. The van der Waals surface area contributed by atoms with Crippen molar-refractivity contribution < 1.29 is 19.1 Å². The van der Waals surface area contributed by atoms with Crippen molar-refractivity contribution in [2.75, 3.05) is 18.5 Å². The first-order valence-corrected chi connectivity index (χ1v) is 7.30. The normalized spacial score (nSPS) is 10.0. The largest absolute Gasteiger partial charge is 0.462 e. The fourth-order valence-electron chi connectivity index (χ4n) is 1.91. The molecule has 1 aromatic heterocycles. The lowest BCUT2D eigenvalue weighted by Gasteiger charge is -2.08. The Bertz CT molecular complexity index is 683. The Kier molecular flexibility index (Phi) is 5.68. The summed E-state index contributed by atoms with van der Waals surface area (Å²) in [6.07, 6.45) is 3.05. The van der Waals surface area contributed by atoms with Crippen molar-refractivity contribution in [3.63, 3.8) is 0 Å². The quantitative estimate of drug-likeness (QED) is 0.825. The molecule has 23 heavy (non-hydrogen) atoms. The lowest BCUT2D eigenvalue weighted by Crippen LogP contribution is -2.06. The molecule has 0 radical (unpaired) electrons. The molecule has 0 aliphatic heterocycles. The van der Waals surface area contributed by atoms with Gasteiger partial charge in [0.2, 0.25) is 0 Å². The summed E-state index contributed by atoms with van der Waals surface area (Å²) in [6, 6.07) is 8.50. The third kappa shape index (κ3) is 4.54. The van der Waals surface area contributed by atoms with Crippen molar-refractivity contribution in [1.82, 2.24) is 4.98 Å². The Balaban J connectivity index is 2.09. The van der Waals surface area contributed by atoms with Gasteiger partial charge in [-0.2, -0.15) is 0 Å². The highest BCUT2D eigenvalue weighted by Gasteiger charge is 2.09. The molecule has 0 fully saturated rings. The number of ether oxygens (including phenoxy) is 2. The molecule has 6 nitrogen and oxygen atoms in total. The van der Waals surface area contributed by atoms with E-state index in [1.807, 2.05) is 0 Å². The summed E-state index contributed by atoms with van der Waals surface area (Å²) in [5.41, 5.74) is 2.27. The van der Waals surface area contributed by atoms with Gasteiger partial charge in [0.25, 0.3) is 0 Å². The van der Waals surface area contributed by atoms with E-state index in [0.29, 0.717) is 30.0 Å². The number of pyridine rings is 1. The molecule has 1 aromatic carbocycles.